The van der Waals surface area contributed by atoms with Crippen LogP contribution in [0.15, 0.2) is 66.7 Å². The average molecular weight is 411 g/mol. The van der Waals surface area contributed by atoms with Crippen LogP contribution in [0, 0.1) is 13.8 Å². The molecule has 5 heteroatoms. The van der Waals surface area contributed by atoms with E-state index >= 15 is 0 Å². The number of hydrogen-bond acceptors (Lipinski definition) is 2. The monoisotopic (exact) mass is 410 g/mol. The predicted molar refractivity (Wildman–Crippen MR) is 119 cm³/mol. The minimum Gasteiger partial charge on any atom is -0.453 e. The molecule has 0 aliphatic carbocycles. The lowest BCUT2D eigenvalue weighted by molar-refractivity contribution is 0.468. The third kappa shape index (κ3) is 3.99. The van der Waals surface area contributed by atoms with Gasteiger partial charge in [0.1, 0.15) is 0 Å². The molecule has 1 radical (unpaired) electrons. The molecule has 3 N–H and O–H groups in total. The van der Waals surface area contributed by atoms with Crippen LogP contribution in [0.25, 0.3) is 0 Å². The van der Waals surface area contributed by atoms with Crippen LogP contribution in [-0.4, -0.2) is 18.5 Å². The molecular formula is C23H23BCl2NO. The number of rotatable bonds is 6. The molecule has 0 bridgehead atoms. The Kier molecular flexibility index (Phi) is 6.52. The fourth-order valence-electron chi connectivity index (χ4n) is 3.57. The molecule has 0 aliphatic rings. The maximum absolute atomic E-state index is 10.6. The smallest absolute Gasteiger partial charge is 0.305 e. The summed E-state index contributed by atoms with van der Waals surface area (Å²) in [5, 5.41) is 10.9. The number of nitrogens with two attached hydrogens (primary N) is 1. The van der Waals surface area contributed by atoms with Gasteiger partial charge in [-0.05, 0) is 60.2 Å². The maximum Gasteiger partial charge on any atom is 0.305 e. The van der Waals surface area contributed by atoms with Gasteiger partial charge in [-0.15, -0.1) is 0 Å². The van der Waals surface area contributed by atoms with Crippen molar-refractivity contribution in [3.8, 4) is 0 Å². The molecule has 1 atom stereocenters. The van der Waals surface area contributed by atoms with Crippen molar-refractivity contribution >= 4 is 30.7 Å². The Morgan fingerprint density at radius 3 is 1.82 bits per heavy atom. The van der Waals surface area contributed by atoms with Crippen LogP contribution < -0.4 is 5.73 Å². The van der Waals surface area contributed by atoms with Gasteiger partial charge in [-0.25, -0.2) is 0 Å². The van der Waals surface area contributed by atoms with Gasteiger partial charge in [-0.2, -0.15) is 0 Å². The van der Waals surface area contributed by atoms with Crippen molar-refractivity contribution in [3.63, 3.8) is 0 Å². The summed E-state index contributed by atoms with van der Waals surface area (Å²) in [5.41, 5.74) is 11.4. The van der Waals surface area contributed by atoms with E-state index in [4.69, 9.17) is 28.9 Å². The largest absolute Gasteiger partial charge is 0.453 e. The molecule has 3 aromatic carbocycles. The van der Waals surface area contributed by atoms with E-state index in [0.29, 0.717) is 16.5 Å². The molecule has 3 aromatic rings. The first-order valence-electron chi connectivity index (χ1n) is 9.20. The number of benzene rings is 3. The van der Waals surface area contributed by atoms with Gasteiger partial charge < -0.3 is 10.8 Å². The van der Waals surface area contributed by atoms with Gasteiger partial charge in [-0.3, -0.25) is 0 Å². The molecule has 143 valence electrons. The summed E-state index contributed by atoms with van der Waals surface area (Å²) in [4.78, 5) is 0. The Balaban J connectivity index is 2.18. The second kappa shape index (κ2) is 8.71. The van der Waals surface area contributed by atoms with Crippen molar-refractivity contribution in [3.05, 3.63) is 105 Å². The van der Waals surface area contributed by atoms with Crippen molar-refractivity contribution in [2.45, 2.75) is 31.6 Å². The zero-order valence-corrected chi connectivity index (χ0v) is 17.5. The predicted octanol–water partition coefficient (Wildman–Crippen LogP) is 5.04. The van der Waals surface area contributed by atoms with Crippen LogP contribution in [-0.2, 0) is 11.7 Å². The highest BCUT2D eigenvalue weighted by molar-refractivity contribution is 6.35. The zero-order chi connectivity index (χ0) is 20.3. The van der Waals surface area contributed by atoms with Gasteiger partial charge in [0, 0.05) is 21.4 Å². The molecule has 0 amide bonds. The molecule has 0 spiro atoms. The second-order valence-electron chi connectivity index (χ2n) is 7.22. The van der Waals surface area contributed by atoms with Gasteiger partial charge in [0.15, 0.2) is 0 Å². The molecule has 3 rings (SSSR count). The molecule has 2 nitrogen and oxygen atoms in total. The van der Waals surface area contributed by atoms with E-state index in [1.165, 1.54) is 7.48 Å². The van der Waals surface area contributed by atoms with Crippen LogP contribution >= 0.6 is 23.2 Å². The Morgan fingerprint density at radius 1 is 0.893 bits per heavy atom. The van der Waals surface area contributed by atoms with E-state index in [-0.39, 0.29) is 0 Å². The lowest BCUT2D eigenvalue weighted by Gasteiger charge is -2.38. The van der Waals surface area contributed by atoms with E-state index in [0.717, 1.165) is 27.8 Å². The molecule has 0 heterocycles. The Morgan fingerprint density at radius 2 is 1.39 bits per heavy atom. The SMILES string of the molecule is Cc1ccc(C([B]O)(c2ccc(C)c(Cl)c2)C(N)Cc2ccccc2)cc1Cl. The molecule has 0 fully saturated rings. The highest BCUT2D eigenvalue weighted by Crippen LogP contribution is 2.38. The maximum atomic E-state index is 10.6. The standard InChI is InChI=1S/C23H23BCl2NO/c1-15-8-10-18(13-20(15)25)23(24-28,19-11-9-16(2)21(26)14-19)22(27)12-17-6-4-3-5-7-17/h3-11,13-14,22,28H,12,27H2,1-2H3. The average Bonchev–Trinajstić information content (AvgIpc) is 2.69. The summed E-state index contributed by atoms with van der Waals surface area (Å²) in [6.07, 6.45) is 0.578. The van der Waals surface area contributed by atoms with Crippen molar-refractivity contribution < 1.29 is 5.02 Å². The van der Waals surface area contributed by atoms with Crippen LogP contribution in [0.5, 0.6) is 0 Å². The molecule has 0 aliphatic heterocycles. The van der Waals surface area contributed by atoms with Gasteiger partial charge in [-0.1, -0.05) is 77.8 Å². The number of hydrogen-bond donors (Lipinski definition) is 2. The van der Waals surface area contributed by atoms with Crippen LogP contribution in [0.2, 0.25) is 10.0 Å². The summed E-state index contributed by atoms with van der Waals surface area (Å²) in [7, 11) is 1.18. The normalized spacial score (nSPS) is 12.6. The van der Waals surface area contributed by atoms with Crippen LogP contribution in [0.4, 0.5) is 0 Å². The minimum atomic E-state index is -0.954. The number of aryl methyl sites for hydroxylation is 2. The van der Waals surface area contributed by atoms with Crippen molar-refractivity contribution in [1.29, 1.82) is 0 Å². The Bertz CT molecular complexity index is 911. The second-order valence-corrected chi connectivity index (χ2v) is 8.04. The topological polar surface area (TPSA) is 46.2 Å². The molecule has 28 heavy (non-hydrogen) atoms. The molecule has 0 saturated heterocycles. The van der Waals surface area contributed by atoms with Crippen molar-refractivity contribution in [1.82, 2.24) is 0 Å². The van der Waals surface area contributed by atoms with Crippen molar-refractivity contribution in [2.24, 2.45) is 5.73 Å². The zero-order valence-electron chi connectivity index (χ0n) is 16.0. The molecule has 0 saturated carbocycles. The van der Waals surface area contributed by atoms with Crippen LogP contribution in [0.3, 0.4) is 0 Å². The first-order valence-corrected chi connectivity index (χ1v) is 9.95. The first-order chi connectivity index (χ1) is 13.4. The van der Waals surface area contributed by atoms with Gasteiger partial charge in [0.25, 0.3) is 0 Å². The fourth-order valence-corrected chi connectivity index (χ4v) is 3.93. The quantitative estimate of drug-likeness (QED) is 0.559. The van der Waals surface area contributed by atoms with E-state index in [9.17, 15) is 5.02 Å². The minimum absolute atomic E-state index is 0.433. The first kappa shape index (κ1) is 20.9. The van der Waals surface area contributed by atoms with E-state index < -0.39 is 11.4 Å². The van der Waals surface area contributed by atoms with Crippen molar-refractivity contribution in [2.75, 3.05) is 0 Å². The third-order valence-corrected chi connectivity index (χ3v) is 6.20. The van der Waals surface area contributed by atoms with Gasteiger partial charge in [0.05, 0.1) is 0 Å². The van der Waals surface area contributed by atoms with Gasteiger partial charge >= 0.3 is 7.48 Å². The molecule has 0 aromatic heterocycles. The van der Waals surface area contributed by atoms with E-state index in [2.05, 4.69) is 0 Å². The molecule has 1 unspecified atom stereocenters. The highest BCUT2D eigenvalue weighted by atomic mass is 35.5. The highest BCUT2D eigenvalue weighted by Gasteiger charge is 2.41. The molecular weight excluding hydrogens is 388 g/mol. The summed E-state index contributed by atoms with van der Waals surface area (Å²) in [6, 6.07) is 21.2. The van der Waals surface area contributed by atoms with E-state index in [1.807, 2.05) is 80.6 Å². The summed E-state index contributed by atoms with van der Waals surface area (Å²) >= 11 is 12.8. The summed E-state index contributed by atoms with van der Waals surface area (Å²) in [5.74, 6) is 0. The number of halogens is 2. The van der Waals surface area contributed by atoms with E-state index in [1.54, 1.807) is 0 Å². The Hall–Kier alpha value is -1.78. The fraction of sp³-hybridized carbons (Fsp3) is 0.217. The lowest BCUT2D eigenvalue weighted by Crippen LogP contribution is -2.52. The summed E-state index contributed by atoms with van der Waals surface area (Å²) < 4.78 is 0. The summed E-state index contributed by atoms with van der Waals surface area (Å²) in [6.45, 7) is 3.90. The van der Waals surface area contributed by atoms with Gasteiger partial charge in [0.2, 0.25) is 0 Å². The van der Waals surface area contributed by atoms with Crippen LogP contribution in [0.1, 0.15) is 27.8 Å². The lowest BCUT2D eigenvalue weighted by atomic mass is 9.51. The third-order valence-electron chi connectivity index (χ3n) is 5.39. The Labute approximate surface area is 177 Å².